The van der Waals surface area contributed by atoms with E-state index in [1.807, 2.05) is 6.92 Å². The van der Waals surface area contributed by atoms with Crippen LogP contribution in [0.5, 0.6) is 0 Å². The van der Waals surface area contributed by atoms with Crippen LogP contribution in [0.2, 0.25) is 0 Å². The Morgan fingerprint density at radius 1 is 1.64 bits per heavy atom. The van der Waals surface area contributed by atoms with E-state index in [-0.39, 0.29) is 5.84 Å². The second kappa shape index (κ2) is 5.70. The highest BCUT2D eigenvalue weighted by Gasteiger charge is 1.97. The van der Waals surface area contributed by atoms with E-state index >= 15 is 0 Å². The monoisotopic (exact) mass is 158 g/mol. The molecule has 0 aliphatic carbocycles. The molecule has 0 aromatic heterocycles. The van der Waals surface area contributed by atoms with E-state index < -0.39 is 6.09 Å². The topological polar surface area (TPSA) is 64.7 Å². The van der Waals surface area contributed by atoms with E-state index in [9.17, 15) is 4.79 Å². The predicted molar refractivity (Wildman–Crippen MR) is 43.6 cm³/mol. The smallest absolute Gasteiger partial charge is 0.435 e. The first-order valence-corrected chi connectivity index (χ1v) is 3.64. The zero-order chi connectivity index (χ0) is 8.69. The molecule has 0 aromatic rings. The second-order valence-electron chi connectivity index (χ2n) is 2.22. The molecule has 0 aromatic carbocycles. The minimum Gasteiger partial charge on any atom is -0.448 e. The first-order chi connectivity index (χ1) is 5.16. The maximum Gasteiger partial charge on any atom is 0.435 e. The van der Waals surface area contributed by atoms with Gasteiger partial charge in [0, 0.05) is 0 Å². The summed E-state index contributed by atoms with van der Waals surface area (Å²) in [5, 5.41) is 0. The Morgan fingerprint density at radius 3 is 2.73 bits per heavy atom. The van der Waals surface area contributed by atoms with Crippen LogP contribution in [0.3, 0.4) is 0 Å². The molecule has 2 N–H and O–H groups in total. The Balaban J connectivity index is 3.46. The number of rotatable bonds is 3. The lowest BCUT2D eigenvalue weighted by molar-refractivity contribution is 0.155. The standard InChI is InChI=1S/C7H14N2O2/c1-3-4-5-11-7(10)9-6(2)8/h3-5H2,1-2H3,(H2,8,9,10). The number of nitrogens with two attached hydrogens (primary N) is 1. The maximum absolute atomic E-state index is 10.6. The average Bonchev–Trinajstić information content (AvgIpc) is 1.86. The summed E-state index contributed by atoms with van der Waals surface area (Å²) in [6.45, 7) is 3.98. The highest BCUT2D eigenvalue weighted by molar-refractivity contribution is 5.88. The normalized spacial score (nSPS) is 11.3. The Morgan fingerprint density at radius 2 is 2.27 bits per heavy atom. The van der Waals surface area contributed by atoms with Crippen molar-refractivity contribution in [1.82, 2.24) is 0 Å². The summed E-state index contributed by atoms with van der Waals surface area (Å²) in [7, 11) is 0. The molecule has 0 saturated carbocycles. The largest absolute Gasteiger partial charge is 0.448 e. The molecule has 0 heterocycles. The first-order valence-electron chi connectivity index (χ1n) is 3.64. The van der Waals surface area contributed by atoms with Crippen molar-refractivity contribution in [2.24, 2.45) is 10.7 Å². The third kappa shape index (κ3) is 6.83. The summed E-state index contributed by atoms with van der Waals surface area (Å²) < 4.78 is 4.69. The quantitative estimate of drug-likeness (QED) is 0.382. The van der Waals surface area contributed by atoms with Gasteiger partial charge < -0.3 is 10.5 Å². The van der Waals surface area contributed by atoms with E-state index in [1.165, 1.54) is 0 Å². The SMILES string of the molecule is CCCCOC(=O)/N=C(/C)N. The highest BCUT2D eigenvalue weighted by atomic mass is 16.5. The van der Waals surface area contributed by atoms with Crippen molar-refractivity contribution in [2.75, 3.05) is 6.61 Å². The molecule has 4 nitrogen and oxygen atoms in total. The molecule has 0 aliphatic rings. The Labute approximate surface area is 66.4 Å². The van der Waals surface area contributed by atoms with Gasteiger partial charge in [0.1, 0.15) is 5.84 Å². The molecular formula is C7H14N2O2. The van der Waals surface area contributed by atoms with Crippen LogP contribution < -0.4 is 5.73 Å². The zero-order valence-corrected chi connectivity index (χ0v) is 6.96. The van der Waals surface area contributed by atoms with Crippen LogP contribution in [0.25, 0.3) is 0 Å². The van der Waals surface area contributed by atoms with Gasteiger partial charge in [0.2, 0.25) is 0 Å². The zero-order valence-electron chi connectivity index (χ0n) is 6.96. The van der Waals surface area contributed by atoms with Crippen LogP contribution >= 0.6 is 0 Å². The fourth-order valence-electron chi connectivity index (χ4n) is 0.480. The molecule has 0 radical (unpaired) electrons. The summed E-state index contributed by atoms with van der Waals surface area (Å²) in [4.78, 5) is 14.0. The van der Waals surface area contributed by atoms with Crippen molar-refractivity contribution in [2.45, 2.75) is 26.7 Å². The van der Waals surface area contributed by atoms with Gasteiger partial charge in [0.05, 0.1) is 6.61 Å². The molecule has 0 atom stereocenters. The third-order valence-electron chi connectivity index (χ3n) is 0.991. The molecule has 1 amide bonds. The number of hydrogen-bond donors (Lipinski definition) is 1. The van der Waals surface area contributed by atoms with Crippen LogP contribution in [0, 0.1) is 0 Å². The Kier molecular flexibility index (Phi) is 5.15. The molecule has 64 valence electrons. The minimum absolute atomic E-state index is 0.228. The molecule has 11 heavy (non-hydrogen) atoms. The lowest BCUT2D eigenvalue weighted by Crippen LogP contribution is -2.10. The number of amidine groups is 1. The van der Waals surface area contributed by atoms with Crippen molar-refractivity contribution in [3.63, 3.8) is 0 Å². The van der Waals surface area contributed by atoms with E-state index in [0.717, 1.165) is 12.8 Å². The van der Waals surface area contributed by atoms with Gasteiger partial charge in [-0.15, -0.1) is 0 Å². The molecule has 4 heteroatoms. The van der Waals surface area contributed by atoms with Gasteiger partial charge in [-0.05, 0) is 13.3 Å². The van der Waals surface area contributed by atoms with Crippen LogP contribution in [0.1, 0.15) is 26.7 Å². The number of carbonyl (C=O) groups excluding carboxylic acids is 1. The number of nitrogens with zero attached hydrogens (tertiary/aromatic N) is 1. The predicted octanol–water partition coefficient (Wildman–Crippen LogP) is 1.30. The van der Waals surface area contributed by atoms with Crippen LogP contribution in [0.4, 0.5) is 4.79 Å². The van der Waals surface area contributed by atoms with Crippen LogP contribution in [0.15, 0.2) is 4.99 Å². The molecule has 0 aliphatic heterocycles. The van der Waals surface area contributed by atoms with Crippen molar-refractivity contribution in [3.05, 3.63) is 0 Å². The average molecular weight is 158 g/mol. The fraction of sp³-hybridized carbons (Fsp3) is 0.714. The Bertz CT molecular complexity index is 151. The summed E-state index contributed by atoms with van der Waals surface area (Å²) in [5.74, 6) is 0.228. The van der Waals surface area contributed by atoms with Gasteiger partial charge in [-0.25, -0.2) is 4.79 Å². The van der Waals surface area contributed by atoms with Crippen molar-refractivity contribution < 1.29 is 9.53 Å². The van der Waals surface area contributed by atoms with E-state index in [0.29, 0.717) is 6.61 Å². The number of amides is 1. The van der Waals surface area contributed by atoms with Gasteiger partial charge in [0.25, 0.3) is 0 Å². The summed E-state index contributed by atoms with van der Waals surface area (Å²) in [6, 6.07) is 0. The van der Waals surface area contributed by atoms with Gasteiger partial charge in [0.15, 0.2) is 0 Å². The first kappa shape index (κ1) is 9.94. The van der Waals surface area contributed by atoms with Gasteiger partial charge in [-0.2, -0.15) is 4.99 Å². The number of carbonyl (C=O) groups is 1. The lowest BCUT2D eigenvalue weighted by atomic mass is 10.4. The number of unbranched alkanes of at least 4 members (excludes halogenated alkanes) is 1. The third-order valence-corrected chi connectivity index (χ3v) is 0.991. The van der Waals surface area contributed by atoms with Crippen molar-refractivity contribution in [3.8, 4) is 0 Å². The van der Waals surface area contributed by atoms with Gasteiger partial charge >= 0.3 is 6.09 Å². The Hall–Kier alpha value is -1.06. The van der Waals surface area contributed by atoms with Gasteiger partial charge in [-0.1, -0.05) is 13.3 Å². The fourth-order valence-corrected chi connectivity index (χ4v) is 0.480. The van der Waals surface area contributed by atoms with Crippen molar-refractivity contribution >= 4 is 11.9 Å². The van der Waals surface area contributed by atoms with Crippen LogP contribution in [-0.2, 0) is 4.74 Å². The van der Waals surface area contributed by atoms with Crippen molar-refractivity contribution in [1.29, 1.82) is 0 Å². The second-order valence-corrected chi connectivity index (χ2v) is 2.22. The molecule has 0 saturated heterocycles. The molecule has 0 unspecified atom stereocenters. The molecule has 0 fully saturated rings. The number of hydrogen-bond acceptors (Lipinski definition) is 2. The van der Waals surface area contributed by atoms with E-state index in [4.69, 9.17) is 5.73 Å². The molecular weight excluding hydrogens is 144 g/mol. The van der Waals surface area contributed by atoms with Crippen LogP contribution in [-0.4, -0.2) is 18.5 Å². The summed E-state index contributed by atoms with van der Waals surface area (Å²) in [6.07, 6.45) is 1.27. The van der Waals surface area contributed by atoms with E-state index in [1.54, 1.807) is 6.92 Å². The number of aliphatic imine (C=N–C) groups is 1. The highest BCUT2D eigenvalue weighted by Crippen LogP contribution is 1.90. The molecule has 0 bridgehead atoms. The van der Waals surface area contributed by atoms with E-state index in [2.05, 4.69) is 9.73 Å². The maximum atomic E-state index is 10.6. The van der Waals surface area contributed by atoms with Gasteiger partial charge in [-0.3, -0.25) is 0 Å². The summed E-state index contributed by atoms with van der Waals surface area (Å²) in [5.41, 5.74) is 5.15. The molecule has 0 rings (SSSR count). The minimum atomic E-state index is -0.599. The molecule has 0 spiro atoms. The summed E-state index contributed by atoms with van der Waals surface area (Å²) >= 11 is 0. The number of ether oxygens (including phenoxy) is 1. The lowest BCUT2D eigenvalue weighted by Gasteiger charge is -1.98.